The maximum atomic E-state index is 12.1. The van der Waals surface area contributed by atoms with Crippen LogP contribution in [0.3, 0.4) is 0 Å². The van der Waals surface area contributed by atoms with Crippen LogP contribution in [0.25, 0.3) is 11.4 Å². The maximum absolute atomic E-state index is 12.1. The molecule has 0 aliphatic carbocycles. The van der Waals surface area contributed by atoms with E-state index in [4.69, 9.17) is 4.98 Å². The molecular formula is C20H23N5O2. The molecule has 1 atom stereocenters. The van der Waals surface area contributed by atoms with E-state index in [2.05, 4.69) is 26.6 Å². The summed E-state index contributed by atoms with van der Waals surface area (Å²) in [6.07, 6.45) is 3.10. The maximum Gasteiger partial charge on any atom is 0.249 e. The van der Waals surface area contributed by atoms with Gasteiger partial charge in [0.25, 0.3) is 0 Å². The summed E-state index contributed by atoms with van der Waals surface area (Å²) in [6.45, 7) is 3.99. The van der Waals surface area contributed by atoms with Gasteiger partial charge in [0.15, 0.2) is 5.82 Å². The van der Waals surface area contributed by atoms with Gasteiger partial charge < -0.3 is 10.2 Å². The van der Waals surface area contributed by atoms with Crippen LogP contribution in [-0.2, 0) is 9.59 Å². The number of hydrogen-bond donors (Lipinski definition) is 2. The summed E-state index contributed by atoms with van der Waals surface area (Å²) in [6, 6.07) is 9.51. The number of carbonyl (C=O) groups excluding carboxylic acids is 2. The third-order valence-electron chi connectivity index (χ3n) is 4.98. The van der Waals surface area contributed by atoms with E-state index in [0.29, 0.717) is 24.5 Å². The number of aryl methyl sites for hydroxylation is 1. The molecular weight excluding hydrogens is 342 g/mol. The minimum Gasteiger partial charge on any atom is -0.358 e. The van der Waals surface area contributed by atoms with Gasteiger partial charge in [-0.15, -0.1) is 0 Å². The molecule has 4 rings (SSSR count). The number of rotatable bonds is 4. The zero-order chi connectivity index (χ0) is 18.8. The van der Waals surface area contributed by atoms with Crippen LogP contribution in [0.5, 0.6) is 0 Å². The largest absolute Gasteiger partial charge is 0.358 e. The fourth-order valence-corrected chi connectivity index (χ4v) is 3.54. The minimum atomic E-state index is -0.464. The second-order valence-electron chi connectivity index (χ2n) is 7.15. The van der Waals surface area contributed by atoms with Crippen LogP contribution in [0.1, 0.15) is 31.2 Å². The first kappa shape index (κ1) is 17.5. The summed E-state index contributed by atoms with van der Waals surface area (Å²) < 4.78 is 0. The van der Waals surface area contributed by atoms with Crippen molar-refractivity contribution in [2.24, 2.45) is 0 Å². The molecule has 1 unspecified atom stereocenters. The molecule has 140 valence electrons. The third-order valence-corrected chi connectivity index (χ3v) is 4.98. The molecule has 2 aliphatic heterocycles. The van der Waals surface area contributed by atoms with Gasteiger partial charge in [-0.1, -0.05) is 23.8 Å². The van der Waals surface area contributed by atoms with Crippen molar-refractivity contribution in [3.8, 4) is 11.4 Å². The Balaban J connectivity index is 1.67. The van der Waals surface area contributed by atoms with Gasteiger partial charge in [-0.25, -0.2) is 9.97 Å². The smallest absolute Gasteiger partial charge is 0.249 e. The Hall–Kier alpha value is -2.96. The van der Waals surface area contributed by atoms with Gasteiger partial charge in [0.1, 0.15) is 17.7 Å². The molecule has 2 fully saturated rings. The average Bonchev–Trinajstić information content (AvgIpc) is 3.19. The standard InChI is InChI=1S/C20H23N5O2/c1-13-5-4-6-14(11-13)19-22-16(12-17(23-19)25-9-2-3-10-25)21-15-7-8-18(26)24-20(15)27/h4-6,11-12,15H,2-3,7-10H2,1H3,(H,21,22,23)(H,24,26,27). The Morgan fingerprint density at radius 3 is 2.70 bits per heavy atom. The predicted molar refractivity (Wildman–Crippen MR) is 103 cm³/mol. The van der Waals surface area contributed by atoms with Crippen LogP contribution in [0.15, 0.2) is 30.3 Å². The monoisotopic (exact) mass is 365 g/mol. The summed E-state index contributed by atoms with van der Waals surface area (Å²) in [5, 5.41) is 5.58. The van der Waals surface area contributed by atoms with E-state index in [1.54, 1.807) is 0 Å². The van der Waals surface area contributed by atoms with Crippen molar-refractivity contribution in [1.29, 1.82) is 0 Å². The molecule has 0 bridgehead atoms. The lowest BCUT2D eigenvalue weighted by atomic mass is 10.1. The van der Waals surface area contributed by atoms with Gasteiger partial charge in [0.05, 0.1) is 0 Å². The second-order valence-corrected chi connectivity index (χ2v) is 7.15. The van der Waals surface area contributed by atoms with Crippen molar-refractivity contribution in [3.63, 3.8) is 0 Å². The second kappa shape index (κ2) is 7.34. The summed E-state index contributed by atoms with van der Waals surface area (Å²) >= 11 is 0. The first-order chi connectivity index (χ1) is 13.1. The normalized spacial score (nSPS) is 19.9. The molecule has 7 heteroatoms. The molecule has 0 spiro atoms. The van der Waals surface area contributed by atoms with Gasteiger partial charge in [0.2, 0.25) is 11.8 Å². The van der Waals surface area contributed by atoms with Crippen molar-refractivity contribution in [2.75, 3.05) is 23.3 Å². The molecule has 2 saturated heterocycles. The molecule has 0 radical (unpaired) electrons. The number of anilines is 2. The van der Waals surface area contributed by atoms with E-state index in [-0.39, 0.29) is 11.8 Å². The van der Waals surface area contributed by atoms with E-state index in [1.165, 1.54) is 0 Å². The molecule has 0 saturated carbocycles. The fraction of sp³-hybridized carbons (Fsp3) is 0.400. The van der Waals surface area contributed by atoms with Gasteiger partial charge in [-0.2, -0.15) is 0 Å². The number of hydrogen-bond acceptors (Lipinski definition) is 6. The predicted octanol–water partition coefficient (Wildman–Crippen LogP) is 2.27. The van der Waals surface area contributed by atoms with Crippen LogP contribution in [0.4, 0.5) is 11.6 Å². The molecule has 2 amide bonds. The van der Waals surface area contributed by atoms with Crippen molar-refractivity contribution in [3.05, 3.63) is 35.9 Å². The highest BCUT2D eigenvalue weighted by Crippen LogP contribution is 2.26. The van der Waals surface area contributed by atoms with Crippen LogP contribution in [0.2, 0.25) is 0 Å². The average molecular weight is 365 g/mol. The third kappa shape index (κ3) is 3.92. The molecule has 7 nitrogen and oxygen atoms in total. The lowest BCUT2D eigenvalue weighted by Gasteiger charge is -2.24. The van der Waals surface area contributed by atoms with Crippen LogP contribution in [-0.4, -0.2) is 40.9 Å². The first-order valence-corrected chi connectivity index (χ1v) is 9.40. The summed E-state index contributed by atoms with van der Waals surface area (Å²) in [5.41, 5.74) is 2.09. The Labute approximate surface area is 158 Å². The van der Waals surface area contributed by atoms with Crippen molar-refractivity contribution in [1.82, 2.24) is 15.3 Å². The number of nitrogens with one attached hydrogen (secondary N) is 2. The van der Waals surface area contributed by atoms with Crippen LogP contribution < -0.4 is 15.5 Å². The number of piperidine rings is 1. The van der Waals surface area contributed by atoms with E-state index < -0.39 is 6.04 Å². The Morgan fingerprint density at radius 1 is 1.15 bits per heavy atom. The number of aromatic nitrogens is 2. The molecule has 1 aromatic carbocycles. The molecule has 2 N–H and O–H groups in total. The van der Waals surface area contributed by atoms with E-state index >= 15 is 0 Å². The molecule has 3 heterocycles. The van der Waals surface area contributed by atoms with E-state index in [9.17, 15) is 9.59 Å². The molecule has 27 heavy (non-hydrogen) atoms. The number of imide groups is 1. The summed E-state index contributed by atoms with van der Waals surface area (Å²) in [7, 11) is 0. The number of nitrogens with zero attached hydrogens (tertiary/aromatic N) is 3. The lowest BCUT2D eigenvalue weighted by Crippen LogP contribution is -2.47. The summed E-state index contributed by atoms with van der Waals surface area (Å²) in [4.78, 5) is 35.1. The van der Waals surface area contributed by atoms with E-state index in [0.717, 1.165) is 42.9 Å². The quantitative estimate of drug-likeness (QED) is 0.809. The minimum absolute atomic E-state index is 0.223. The van der Waals surface area contributed by atoms with Gasteiger partial charge in [0, 0.05) is 31.1 Å². The van der Waals surface area contributed by atoms with Crippen molar-refractivity contribution in [2.45, 2.75) is 38.6 Å². The Kier molecular flexibility index (Phi) is 4.75. The highest BCUT2D eigenvalue weighted by atomic mass is 16.2. The number of amides is 2. The van der Waals surface area contributed by atoms with Crippen molar-refractivity contribution >= 4 is 23.5 Å². The molecule has 1 aromatic heterocycles. The van der Waals surface area contributed by atoms with Crippen LogP contribution in [0, 0.1) is 6.92 Å². The first-order valence-electron chi connectivity index (χ1n) is 9.40. The lowest BCUT2D eigenvalue weighted by molar-refractivity contribution is -0.133. The van der Waals surface area contributed by atoms with Crippen LogP contribution >= 0.6 is 0 Å². The molecule has 2 aromatic rings. The Bertz CT molecular complexity index is 876. The van der Waals surface area contributed by atoms with Gasteiger partial charge in [-0.05, 0) is 32.3 Å². The highest BCUT2D eigenvalue weighted by molar-refractivity contribution is 6.01. The van der Waals surface area contributed by atoms with E-state index in [1.807, 2.05) is 31.2 Å². The SMILES string of the molecule is Cc1cccc(-c2nc(NC3CCC(=O)NC3=O)cc(N3CCCC3)n2)c1. The van der Waals surface area contributed by atoms with Gasteiger partial charge >= 0.3 is 0 Å². The highest BCUT2D eigenvalue weighted by Gasteiger charge is 2.27. The Morgan fingerprint density at radius 2 is 1.96 bits per heavy atom. The topological polar surface area (TPSA) is 87.2 Å². The number of carbonyl (C=O) groups is 2. The zero-order valence-corrected chi connectivity index (χ0v) is 15.4. The molecule has 2 aliphatic rings. The fourth-order valence-electron chi connectivity index (χ4n) is 3.54. The zero-order valence-electron chi connectivity index (χ0n) is 15.4. The summed E-state index contributed by atoms with van der Waals surface area (Å²) in [5.74, 6) is 1.59. The van der Waals surface area contributed by atoms with Crippen molar-refractivity contribution < 1.29 is 9.59 Å². The number of benzene rings is 1. The van der Waals surface area contributed by atoms with Gasteiger partial charge in [-0.3, -0.25) is 14.9 Å².